The molecule has 1 rings (SSSR count). The van der Waals surface area contributed by atoms with Crippen molar-refractivity contribution in [3.05, 3.63) is 28.2 Å². The number of hydrogen-bond acceptors (Lipinski definition) is 2. The monoisotopic (exact) mass is 278 g/mol. The van der Waals surface area contributed by atoms with Crippen LogP contribution in [0, 0.1) is 0 Å². The van der Waals surface area contributed by atoms with Crippen LogP contribution in [0.5, 0.6) is 5.75 Å². The number of hydrogen-bond donors (Lipinski definition) is 0. The molecule has 0 heterocycles. The third kappa shape index (κ3) is 3.58. The molecule has 0 saturated heterocycles. The Morgan fingerprint density at radius 1 is 1.53 bits per heavy atom. The fourth-order valence-corrected chi connectivity index (χ4v) is 1.42. The van der Waals surface area contributed by atoms with Crippen molar-refractivity contribution in [1.82, 2.24) is 0 Å². The molecule has 0 bridgehead atoms. The molecule has 5 heteroatoms. The van der Waals surface area contributed by atoms with Gasteiger partial charge < -0.3 is 4.74 Å². The summed E-state index contributed by atoms with van der Waals surface area (Å²) in [5, 5.41) is 0. The number of carbonyl (C=O) groups is 1. The molecule has 0 aliphatic carbocycles. The Morgan fingerprint density at radius 3 is 2.73 bits per heavy atom. The van der Waals surface area contributed by atoms with Gasteiger partial charge in [-0.05, 0) is 25.1 Å². The van der Waals surface area contributed by atoms with Crippen LogP contribution in [0.3, 0.4) is 0 Å². The van der Waals surface area contributed by atoms with Gasteiger partial charge in [0.25, 0.3) is 6.43 Å². The molecule has 2 nitrogen and oxygen atoms in total. The summed E-state index contributed by atoms with van der Waals surface area (Å²) in [6, 6.07) is 4.67. The molecule has 0 aliphatic heterocycles. The molecule has 0 fully saturated rings. The highest BCUT2D eigenvalue weighted by molar-refractivity contribution is 9.10. The Balaban J connectivity index is 2.91. The number of alkyl halides is 2. The van der Waals surface area contributed by atoms with E-state index >= 15 is 0 Å². The minimum absolute atomic E-state index is 0.186. The first-order valence-corrected chi connectivity index (χ1v) is 5.01. The molecule has 0 atom stereocenters. The van der Waals surface area contributed by atoms with Crippen molar-refractivity contribution in [2.75, 3.05) is 6.61 Å². The van der Waals surface area contributed by atoms with E-state index in [1.807, 2.05) is 0 Å². The standard InChI is InChI=1S/C10H9BrF2O2/c1-6(14)8-4-7(11)2-3-9(8)15-5-10(12)13/h2-4,10H,5H2,1H3. The maximum atomic E-state index is 11.9. The van der Waals surface area contributed by atoms with Crippen molar-refractivity contribution < 1.29 is 18.3 Å². The predicted octanol–water partition coefficient (Wildman–Crippen LogP) is 3.30. The Bertz CT molecular complexity index is 366. The molecule has 0 aromatic heterocycles. The van der Waals surface area contributed by atoms with Gasteiger partial charge in [-0.25, -0.2) is 8.78 Å². The van der Waals surface area contributed by atoms with Gasteiger partial charge >= 0.3 is 0 Å². The molecule has 0 aliphatic rings. The third-order valence-corrected chi connectivity index (χ3v) is 2.18. The normalized spacial score (nSPS) is 10.5. The summed E-state index contributed by atoms with van der Waals surface area (Å²) in [6.07, 6.45) is -2.55. The van der Waals surface area contributed by atoms with Gasteiger partial charge in [0.2, 0.25) is 0 Å². The number of Topliss-reactive ketones (excluding diaryl/α,β-unsaturated/α-hetero) is 1. The highest BCUT2D eigenvalue weighted by Gasteiger charge is 2.11. The molecule has 15 heavy (non-hydrogen) atoms. The molecule has 0 radical (unpaired) electrons. The highest BCUT2D eigenvalue weighted by Crippen LogP contribution is 2.24. The van der Waals surface area contributed by atoms with Crippen LogP contribution in [0.4, 0.5) is 8.78 Å². The summed E-state index contributed by atoms with van der Waals surface area (Å²) in [5.41, 5.74) is 0.296. The van der Waals surface area contributed by atoms with Gasteiger partial charge in [0.15, 0.2) is 5.78 Å². The average molecular weight is 279 g/mol. The van der Waals surface area contributed by atoms with E-state index < -0.39 is 13.0 Å². The van der Waals surface area contributed by atoms with Crippen molar-refractivity contribution in [3.63, 3.8) is 0 Å². The molecule has 1 aromatic carbocycles. The van der Waals surface area contributed by atoms with Gasteiger partial charge in [-0.2, -0.15) is 0 Å². The minimum Gasteiger partial charge on any atom is -0.487 e. The summed E-state index contributed by atoms with van der Waals surface area (Å²) < 4.78 is 29.4. The maximum Gasteiger partial charge on any atom is 0.272 e. The van der Waals surface area contributed by atoms with Crippen LogP contribution >= 0.6 is 15.9 Å². The van der Waals surface area contributed by atoms with Gasteiger partial charge in [-0.1, -0.05) is 15.9 Å². The SMILES string of the molecule is CC(=O)c1cc(Br)ccc1OCC(F)F. The lowest BCUT2D eigenvalue weighted by Crippen LogP contribution is -2.09. The Hall–Kier alpha value is -0.970. The lowest BCUT2D eigenvalue weighted by atomic mass is 10.1. The van der Waals surface area contributed by atoms with E-state index in [0.29, 0.717) is 10.0 Å². The van der Waals surface area contributed by atoms with Gasteiger partial charge in [0.1, 0.15) is 12.4 Å². The summed E-state index contributed by atoms with van der Waals surface area (Å²) in [7, 11) is 0. The van der Waals surface area contributed by atoms with E-state index in [9.17, 15) is 13.6 Å². The predicted molar refractivity (Wildman–Crippen MR) is 55.6 cm³/mol. The second kappa shape index (κ2) is 5.21. The van der Waals surface area contributed by atoms with E-state index in [1.165, 1.54) is 13.0 Å². The van der Waals surface area contributed by atoms with Crippen molar-refractivity contribution >= 4 is 21.7 Å². The Morgan fingerprint density at radius 2 is 2.20 bits per heavy atom. The number of benzene rings is 1. The first-order valence-electron chi connectivity index (χ1n) is 4.22. The van der Waals surface area contributed by atoms with E-state index in [2.05, 4.69) is 15.9 Å². The maximum absolute atomic E-state index is 11.9. The Kier molecular flexibility index (Phi) is 4.20. The average Bonchev–Trinajstić information content (AvgIpc) is 2.15. The molecule has 0 saturated carbocycles. The zero-order valence-electron chi connectivity index (χ0n) is 7.97. The van der Waals surface area contributed by atoms with E-state index in [1.54, 1.807) is 12.1 Å². The quantitative estimate of drug-likeness (QED) is 0.790. The van der Waals surface area contributed by atoms with Crippen molar-refractivity contribution in [2.45, 2.75) is 13.3 Å². The largest absolute Gasteiger partial charge is 0.487 e. The number of halogens is 3. The molecule has 1 aromatic rings. The fraction of sp³-hybridized carbons (Fsp3) is 0.300. The van der Waals surface area contributed by atoms with Gasteiger partial charge in [-0.3, -0.25) is 4.79 Å². The van der Waals surface area contributed by atoms with E-state index in [4.69, 9.17) is 4.74 Å². The number of rotatable bonds is 4. The van der Waals surface area contributed by atoms with Crippen molar-refractivity contribution in [3.8, 4) is 5.75 Å². The number of ether oxygens (including phenoxy) is 1. The van der Waals surface area contributed by atoms with Crippen LogP contribution in [0.2, 0.25) is 0 Å². The summed E-state index contributed by atoms with van der Waals surface area (Å²) in [4.78, 5) is 11.2. The van der Waals surface area contributed by atoms with Crippen LogP contribution in [0.25, 0.3) is 0 Å². The zero-order chi connectivity index (χ0) is 11.4. The van der Waals surface area contributed by atoms with Crippen LogP contribution in [-0.2, 0) is 0 Å². The lowest BCUT2D eigenvalue weighted by molar-refractivity contribution is 0.0802. The number of ketones is 1. The van der Waals surface area contributed by atoms with Crippen LogP contribution in [-0.4, -0.2) is 18.8 Å². The number of carbonyl (C=O) groups excluding carboxylic acids is 1. The lowest BCUT2D eigenvalue weighted by Gasteiger charge is -2.09. The van der Waals surface area contributed by atoms with E-state index in [-0.39, 0.29) is 11.5 Å². The highest BCUT2D eigenvalue weighted by atomic mass is 79.9. The summed E-state index contributed by atoms with van der Waals surface area (Å²) in [5.74, 6) is -0.0356. The zero-order valence-corrected chi connectivity index (χ0v) is 9.55. The molecule has 0 N–H and O–H groups in total. The van der Waals surface area contributed by atoms with Gasteiger partial charge in [0.05, 0.1) is 5.56 Å². The van der Waals surface area contributed by atoms with Gasteiger partial charge in [-0.15, -0.1) is 0 Å². The molecular formula is C10H9BrF2O2. The minimum atomic E-state index is -2.55. The van der Waals surface area contributed by atoms with Crippen molar-refractivity contribution in [2.24, 2.45) is 0 Å². The molecule has 82 valence electrons. The summed E-state index contributed by atoms with van der Waals surface area (Å²) in [6.45, 7) is 0.652. The fourth-order valence-electron chi connectivity index (χ4n) is 1.06. The van der Waals surface area contributed by atoms with Crippen LogP contribution < -0.4 is 4.74 Å². The first-order chi connectivity index (χ1) is 7.00. The second-order valence-electron chi connectivity index (χ2n) is 2.90. The second-order valence-corrected chi connectivity index (χ2v) is 3.81. The van der Waals surface area contributed by atoms with Crippen LogP contribution in [0.15, 0.2) is 22.7 Å². The van der Waals surface area contributed by atoms with E-state index in [0.717, 1.165) is 0 Å². The first kappa shape index (κ1) is 12.1. The topological polar surface area (TPSA) is 26.3 Å². The molecule has 0 unspecified atom stereocenters. The summed E-state index contributed by atoms with van der Waals surface area (Å²) >= 11 is 3.19. The Labute approximate surface area is 94.4 Å². The van der Waals surface area contributed by atoms with Gasteiger partial charge in [0, 0.05) is 4.47 Å². The molecule has 0 spiro atoms. The van der Waals surface area contributed by atoms with Crippen molar-refractivity contribution in [1.29, 1.82) is 0 Å². The molecule has 0 amide bonds. The third-order valence-electron chi connectivity index (χ3n) is 1.69. The van der Waals surface area contributed by atoms with Crippen LogP contribution in [0.1, 0.15) is 17.3 Å². The molecular weight excluding hydrogens is 270 g/mol. The smallest absolute Gasteiger partial charge is 0.272 e.